The first-order chi connectivity index (χ1) is 7.65. The Morgan fingerprint density at radius 3 is 2.81 bits per heavy atom. The van der Waals surface area contributed by atoms with E-state index in [2.05, 4.69) is 26.2 Å². The first-order valence-corrected chi connectivity index (χ1v) is 5.93. The van der Waals surface area contributed by atoms with Crippen LogP contribution in [0.5, 0.6) is 0 Å². The van der Waals surface area contributed by atoms with Gasteiger partial charge in [0, 0.05) is 0 Å². The quantitative estimate of drug-likeness (QED) is 0.870. The Labute approximate surface area is 107 Å². The van der Waals surface area contributed by atoms with Crippen molar-refractivity contribution >= 4 is 33.2 Å². The van der Waals surface area contributed by atoms with Gasteiger partial charge in [-0.1, -0.05) is 11.6 Å². The van der Waals surface area contributed by atoms with Crippen LogP contribution in [0.1, 0.15) is 11.5 Å². The van der Waals surface area contributed by atoms with Crippen molar-refractivity contribution < 1.29 is 4.42 Å². The van der Waals surface area contributed by atoms with Crippen molar-refractivity contribution in [1.82, 2.24) is 4.98 Å². The molecule has 0 atom stereocenters. The van der Waals surface area contributed by atoms with Crippen molar-refractivity contribution in [2.24, 2.45) is 0 Å². The minimum absolute atomic E-state index is 0.504. The lowest BCUT2D eigenvalue weighted by Gasteiger charge is -2.07. The van der Waals surface area contributed by atoms with E-state index in [0.717, 1.165) is 21.8 Å². The number of pyridine rings is 1. The van der Waals surface area contributed by atoms with Gasteiger partial charge in [0.1, 0.15) is 10.9 Å². The normalized spacial score (nSPS) is 10.4. The molecular weight excluding hydrogens is 291 g/mol. The molecule has 2 aromatic heterocycles. The van der Waals surface area contributed by atoms with E-state index in [0.29, 0.717) is 11.7 Å². The highest BCUT2D eigenvalue weighted by molar-refractivity contribution is 9.10. The molecule has 0 aliphatic rings. The highest BCUT2D eigenvalue weighted by Crippen LogP contribution is 2.18. The minimum atomic E-state index is 0.504. The van der Waals surface area contributed by atoms with Crippen molar-refractivity contribution in [3.8, 4) is 0 Å². The SMILES string of the molecule is Cc1nc(Cl)ccc1NCc1ccc(Br)o1. The van der Waals surface area contributed by atoms with E-state index < -0.39 is 0 Å². The molecule has 0 saturated heterocycles. The van der Waals surface area contributed by atoms with Gasteiger partial charge in [-0.15, -0.1) is 0 Å². The molecule has 5 heteroatoms. The molecule has 2 aromatic rings. The number of aryl methyl sites for hydroxylation is 1. The number of rotatable bonds is 3. The van der Waals surface area contributed by atoms with Gasteiger partial charge in [0.15, 0.2) is 4.67 Å². The number of anilines is 1. The molecule has 3 nitrogen and oxygen atoms in total. The molecule has 2 rings (SSSR count). The van der Waals surface area contributed by atoms with E-state index in [-0.39, 0.29) is 0 Å². The molecule has 0 fully saturated rings. The van der Waals surface area contributed by atoms with Gasteiger partial charge in [-0.3, -0.25) is 0 Å². The molecule has 0 unspecified atom stereocenters. The molecule has 0 spiro atoms. The third-order valence-corrected chi connectivity index (χ3v) is 2.77. The Morgan fingerprint density at radius 2 is 2.19 bits per heavy atom. The molecule has 0 aliphatic heterocycles. The van der Waals surface area contributed by atoms with Crippen LogP contribution in [0.15, 0.2) is 33.4 Å². The summed E-state index contributed by atoms with van der Waals surface area (Å²) in [5.41, 5.74) is 1.83. The predicted molar refractivity (Wildman–Crippen MR) is 67.7 cm³/mol. The Balaban J connectivity index is 2.04. The summed E-state index contributed by atoms with van der Waals surface area (Å²) in [6.07, 6.45) is 0. The Kier molecular flexibility index (Phi) is 3.51. The van der Waals surface area contributed by atoms with E-state index in [4.69, 9.17) is 16.0 Å². The molecule has 1 N–H and O–H groups in total. The number of furan rings is 1. The minimum Gasteiger partial charge on any atom is -0.452 e. The first kappa shape index (κ1) is 11.5. The fraction of sp³-hybridized carbons (Fsp3) is 0.182. The van der Waals surface area contributed by atoms with E-state index >= 15 is 0 Å². The summed E-state index contributed by atoms with van der Waals surface area (Å²) in [4.78, 5) is 4.15. The van der Waals surface area contributed by atoms with Crippen molar-refractivity contribution in [2.45, 2.75) is 13.5 Å². The summed E-state index contributed by atoms with van der Waals surface area (Å²) in [7, 11) is 0. The highest BCUT2D eigenvalue weighted by atomic mass is 79.9. The van der Waals surface area contributed by atoms with Crippen LogP contribution in [0.3, 0.4) is 0 Å². The summed E-state index contributed by atoms with van der Waals surface area (Å²) in [5, 5.41) is 3.74. The van der Waals surface area contributed by atoms with Crippen LogP contribution in [-0.4, -0.2) is 4.98 Å². The Morgan fingerprint density at radius 1 is 1.38 bits per heavy atom. The largest absolute Gasteiger partial charge is 0.452 e. The molecule has 0 radical (unpaired) electrons. The van der Waals surface area contributed by atoms with Crippen LogP contribution in [-0.2, 0) is 6.54 Å². The lowest BCUT2D eigenvalue weighted by molar-refractivity contribution is 0.495. The molecule has 2 heterocycles. The number of nitrogens with one attached hydrogen (secondary N) is 1. The van der Waals surface area contributed by atoms with Crippen LogP contribution in [0.2, 0.25) is 5.15 Å². The van der Waals surface area contributed by atoms with Crippen LogP contribution in [0.25, 0.3) is 0 Å². The first-order valence-electron chi connectivity index (χ1n) is 4.76. The van der Waals surface area contributed by atoms with E-state index in [1.54, 1.807) is 6.07 Å². The highest BCUT2D eigenvalue weighted by Gasteiger charge is 2.02. The average molecular weight is 302 g/mol. The molecule has 0 aromatic carbocycles. The van der Waals surface area contributed by atoms with Gasteiger partial charge in [-0.25, -0.2) is 4.98 Å². The molecule has 0 saturated carbocycles. The summed E-state index contributed by atoms with van der Waals surface area (Å²) in [6.45, 7) is 2.53. The molecule has 16 heavy (non-hydrogen) atoms. The smallest absolute Gasteiger partial charge is 0.169 e. The van der Waals surface area contributed by atoms with E-state index in [1.165, 1.54) is 0 Å². The maximum Gasteiger partial charge on any atom is 0.169 e. The second kappa shape index (κ2) is 4.89. The standard InChI is InChI=1S/C11H10BrClN2O/c1-7-9(3-5-11(13)15-7)14-6-8-2-4-10(12)16-8/h2-5,14H,6H2,1H3. The zero-order valence-electron chi connectivity index (χ0n) is 8.63. The predicted octanol–water partition coefficient (Wildman–Crippen LogP) is 4.01. The van der Waals surface area contributed by atoms with E-state index in [1.807, 2.05) is 25.1 Å². The second-order valence-electron chi connectivity index (χ2n) is 3.33. The maximum absolute atomic E-state index is 5.77. The number of aromatic nitrogens is 1. The van der Waals surface area contributed by atoms with Crippen LogP contribution >= 0.6 is 27.5 Å². The topological polar surface area (TPSA) is 38.1 Å². The average Bonchev–Trinajstić information content (AvgIpc) is 2.63. The Hall–Kier alpha value is -1.000. The third kappa shape index (κ3) is 2.77. The third-order valence-electron chi connectivity index (χ3n) is 2.13. The second-order valence-corrected chi connectivity index (χ2v) is 4.50. The Bertz CT molecular complexity index is 498. The molecule has 84 valence electrons. The zero-order valence-corrected chi connectivity index (χ0v) is 11.0. The molecular formula is C11H10BrClN2O. The molecule has 0 bridgehead atoms. The fourth-order valence-electron chi connectivity index (χ4n) is 1.35. The van der Waals surface area contributed by atoms with E-state index in [9.17, 15) is 0 Å². The van der Waals surface area contributed by atoms with Gasteiger partial charge >= 0.3 is 0 Å². The monoisotopic (exact) mass is 300 g/mol. The number of halogens is 2. The summed E-state index contributed by atoms with van der Waals surface area (Å²) in [6, 6.07) is 7.44. The van der Waals surface area contributed by atoms with Crippen molar-refractivity contribution in [3.05, 3.63) is 45.5 Å². The summed E-state index contributed by atoms with van der Waals surface area (Å²) in [5.74, 6) is 0.862. The van der Waals surface area contributed by atoms with Crippen LogP contribution < -0.4 is 5.32 Å². The van der Waals surface area contributed by atoms with Crippen LogP contribution in [0.4, 0.5) is 5.69 Å². The summed E-state index contributed by atoms with van der Waals surface area (Å²) >= 11 is 9.03. The van der Waals surface area contributed by atoms with Gasteiger partial charge in [0.2, 0.25) is 0 Å². The van der Waals surface area contributed by atoms with Gasteiger partial charge < -0.3 is 9.73 Å². The molecule has 0 amide bonds. The van der Waals surface area contributed by atoms with Gasteiger partial charge in [-0.2, -0.15) is 0 Å². The summed E-state index contributed by atoms with van der Waals surface area (Å²) < 4.78 is 6.11. The van der Waals surface area contributed by atoms with Crippen LogP contribution in [0, 0.1) is 6.92 Å². The molecule has 0 aliphatic carbocycles. The lowest BCUT2D eigenvalue weighted by atomic mass is 10.3. The lowest BCUT2D eigenvalue weighted by Crippen LogP contribution is -2.01. The van der Waals surface area contributed by atoms with Gasteiger partial charge in [0.05, 0.1) is 17.9 Å². The number of hydrogen-bond acceptors (Lipinski definition) is 3. The number of nitrogens with zero attached hydrogens (tertiary/aromatic N) is 1. The fourth-order valence-corrected chi connectivity index (χ4v) is 1.88. The van der Waals surface area contributed by atoms with Gasteiger partial charge in [0.25, 0.3) is 0 Å². The van der Waals surface area contributed by atoms with Crippen molar-refractivity contribution in [2.75, 3.05) is 5.32 Å². The van der Waals surface area contributed by atoms with Crippen molar-refractivity contribution in [3.63, 3.8) is 0 Å². The number of hydrogen-bond donors (Lipinski definition) is 1. The van der Waals surface area contributed by atoms with Crippen molar-refractivity contribution in [1.29, 1.82) is 0 Å². The zero-order chi connectivity index (χ0) is 11.5. The maximum atomic E-state index is 5.77. The van der Waals surface area contributed by atoms with Gasteiger partial charge in [-0.05, 0) is 47.1 Å².